The van der Waals surface area contributed by atoms with E-state index in [1.165, 1.54) is 11.1 Å². The van der Waals surface area contributed by atoms with Crippen LogP contribution < -0.4 is 0 Å². The molecular formula is C10H16O. The van der Waals surface area contributed by atoms with Crippen LogP contribution in [-0.4, -0.2) is 11.2 Å². The molecule has 1 aliphatic rings. The highest BCUT2D eigenvalue weighted by Crippen LogP contribution is 2.30. The lowest BCUT2D eigenvalue weighted by Crippen LogP contribution is -1.95. The topological polar surface area (TPSA) is 20.2 Å². The van der Waals surface area contributed by atoms with Gasteiger partial charge in [-0.2, -0.15) is 0 Å². The number of aliphatic hydroxyl groups excluding tert-OH is 1. The molecule has 1 rings (SSSR count). The minimum atomic E-state index is -0.126. The SMILES string of the molecule is CC=C1CC(O)CC1=CCC. The Balaban J connectivity index is 2.73. The third kappa shape index (κ3) is 1.93. The van der Waals surface area contributed by atoms with Crippen LogP contribution in [0.25, 0.3) is 0 Å². The van der Waals surface area contributed by atoms with Gasteiger partial charge in [0, 0.05) is 0 Å². The van der Waals surface area contributed by atoms with E-state index in [-0.39, 0.29) is 6.10 Å². The molecule has 0 aromatic rings. The van der Waals surface area contributed by atoms with E-state index in [0.29, 0.717) is 0 Å². The molecule has 1 nitrogen and oxygen atoms in total. The van der Waals surface area contributed by atoms with Crippen molar-refractivity contribution in [2.24, 2.45) is 0 Å². The van der Waals surface area contributed by atoms with Crippen molar-refractivity contribution in [1.82, 2.24) is 0 Å². The molecule has 1 saturated carbocycles. The second-order valence-corrected chi connectivity index (χ2v) is 3.01. The molecule has 11 heavy (non-hydrogen) atoms. The first-order chi connectivity index (χ1) is 5.27. The minimum Gasteiger partial charge on any atom is -0.392 e. The highest BCUT2D eigenvalue weighted by atomic mass is 16.3. The molecule has 1 fully saturated rings. The molecule has 0 radical (unpaired) electrons. The fraction of sp³-hybridized carbons (Fsp3) is 0.600. The normalized spacial score (nSPS) is 32.1. The van der Waals surface area contributed by atoms with Gasteiger partial charge in [-0.15, -0.1) is 0 Å². The molecule has 1 unspecified atom stereocenters. The van der Waals surface area contributed by atoms with Gasteiger partial charge in [0.1, 0.15) is 0 Å². The highest BCUT2D eigenvalue weighted by Gasteiger charge is 2.20. The largest absolute Gasteiger partial charge is 0.392 e. The first-order valence-corrected chi connectivity index (χ1v) is 4.30. The van der Waals surface area contributed by atoms with Crippen molar-refractivity contribution in [3.63, 3.8) is 0 Å². The van der Waals surface area contributed by atoms with Crippen LogP contribution in [0.4, 0.5) is 0 Å². The Morgan fingerprint density at radius 1 is 1.45 bits per heavy atom. The van der Waals surface area contributed by atoms with E-state index in [4.69, 9.17) is 0 Å². The maximum Gasteiger partial charge on any atom is 0.0620 e. The van der Waals surface area contributed by atoms with E-state index in [1.807, 2.05) is 6.92 Å². The minimum absolute atomic E-state index is 0.126. The molecule has 0 aliphatic heterocycles. The summed E-state index contributed by atoms with van der Waals surface area (Å²) in [6.45, 7) is 4.17. The third-order valence-electron chi connectivity index (χ3n) is 2.12. The zero-order chi connectivity index (χ0) is 8.27. The van der Waals surface area contributed by atoms with Crippen LogP contribution >= 0.6 is 0 Å². The lowest BCUT2D eigenvalue weighted by atomic mass is 10.1. The van der Waals surface area contributed by atoms with Crippen LogP contribution in [0.1, 0.15) is 33.1 Å². The Labute approximate surface area is 68.4 Å². The summed E-state index contributed by atoms with van der Waals surface area (Å²) < 4.78 is 0. The van der Waals surface area contributed by atoms with Crippen molar-refractivity contribution in [3.05, 3.63) is 23.3 Å². The average Bonchev–Trinajstić information content (AvgIpc) is 2.32. The fourth-order valence-corrected chi connectivity index (χ4v) is 1.61. The molecular weight excluding hydrogens is 136 g/mol. The van der Waals surface area contributed by atoms with E-state index >= 15 is 0 Å². The van der Waals surface area contributed by atoms with Gasteiger partial charge >= 0.3 is 0 Å². The molecule has 0 bridgehead atoms. The standard InChI is InChI=1S/C10H16O/c1-3-5-9-7-10(11)6-8(9)4-2/h4-5,10-11H,3,6-7H2,1-2H3. The Bertz CT molecular complexity index is 189. The van der Waals surface area contributed by atoms with E-state index in [1.54, 1.807) is 0 Å². The molecule has 1 aliphatic carbocycles. The van der Waals surface area contributed by atoms with E-state index in [0.717, 1.165) is 19.3 Å². The number of hydrogen-bond acceptors (Lipinski definition) is 1. The Kier molecular flexibility index (Phi) is 2.89. The van der Waals surface area contributed by atoms with Crippen molar-refractivity contribution >= 4 is 0 Å². The summed E-state index contributed by atoms with van der Waals surface area (Å²) in [5.41, 5.74) is 2.68. The molecule has 0 aromatic heterocycles. The van der Waals surface area contributed by atoms with Gasteiger partial charge in [-0.05, 0) is 37.3 Å². The molecule has 0 heterocycles. The summed E-state index contributed by atoms with van der Waals surface area (Å²) >= 11 is 0. The van der Waals surface area contributed by atoms with E-state index in [2.05, 4.69) is 19.1 Å². The van der Waals surface area contributed by atoms with Gasteiger partial charge in [0.05, 0.1) is 6.10 Å². The molecule has 0 saturated heterocycles. The van der Waals surface area contributed by atoms with Gasteiger partial charge < -0.3 is 5.11 Å². The summed E-state index contributed by atoms with van der Waals surface area (Å²) in [5.74, 6) is 0. The lowest BCUT2D eigenvalue weighted by molar-refractivity contribution is 0.190. The molecule has 0 aromatic carbocycles. The Morgan fingerprint density at radius 3 is 2.64 bits per heavy atom. The fourth-order valence-electron chi connectivity index (χ4n) is 1.61. The zero-order valence-electron chi connectivity index (χ0n) is 7.30. The monoisotopic (exact) mass is 152 g/mol. The lowest BCUT2D eigenvalue weighted by Gasteiger charge is -1.96. The first-order valence-electron chi connectivity index (χ1n) is 4.30. The summed E-state index contributed by atoms with van der Waals surface area (Å²) in [4.78, 5) is 0. The van der Waals surface area contributed by atoms with Crippen LogP contribution in [0, 0.1) is 0 Å². The van der Waals surface area contributed by atoms with Crippen LogP contribution in [0.5, 0.6) is 0 Å². The third-order valence-corrected chi connectivity index (χ3v) is 2.12. The van der Waals surface area contributed by atoms with Gasteiger partial charge in [-0.1, -0.05) is 19.1 Å². The summed E-state index contributed by atoms with van der Waals surface area (Å²) in [5, 5.41) is 9.35. The van der Waals surface area contributed by atoms with Crippen LogP contribution in [0.3, 0.4) is 0 Å². The molecule has 0 amide bonds. The molecule has 1 heteroatoms. The Hall–Kier alpha value is -0.560. The summed E-state index contributed by atoms with van der Waals surface area (Å²) in [6, 6.07) is 0. The molecule has 62 valence electrons. The zero-order valence-corrected chi connectivity index (χ0v) is 7.30. The van der Waals surface area contributed by atoms with Crippen LogP contribution in [0.15, 0.2) is 23.3 Å². The maximum atomic E-state index is 9.35. The average molecular weight is 152 g/mol. The number of aliphatic hydroxyl groups is 1. The summed E-state index contributed by atoms with van der Waals surface area (Å²) in [7, 11) is 0. The second-order valence-electron chi connectivity index (χ2n) is 3.01. The summed E-state index contributed by atoms with van der Waals surface area (Å²) in [6.07, 6.45) is 6.97. The van der Waals surface area contributed by atoms with Crippen molar-refractivity contribution < 1.29 is 5.11 Å². The highest BCUT2D eigenvalue weighted by molar-refractivity contribution is 5.36. The number of rotatable bonds is 1. The van der Waals surface area contributed by atoms with Gasteiger partial charge in [-0.25, -0.2) is 0 Å². The van der Waals surface area contributed by atoms with Gasteiger partial charge in [-0.3, -0.25) is 0 Å². The number of hydrogen-bond donors (Lipinski definition) is 1. The predicted molar refractivity (Wildman–Crippen MR) is 47.4 cm³/mol. The quantitative estimate of drug-likeness (QED) is 0.611. The number of allylic oxidation sites excluding steroid dienone is 2. The molecule has 0 spiro atoms. The predicted octanol–water partition coefficient (Wildman–Crippen LogP) is 2.42. The first kappa shape index (κ1) is 8.54. The maximum absolute atomic E-state index is 9.35. The van der Waals surface area contributed by atoms with E-state index in [9.17, 15) is 5.11 Å². The van der Waals surface area contributed by atoms with E-state index < -0.39 is 0 Å². The van der Waals surface area contributed by atoms with Crippen LogP contribution in [-0.2, 0) is 0 Å². The van der Waals surface area contributed by atoms with Gasteiger partial charge in [0.2, 0.25) is 0 Å². The van der Waals surface area contributed by atoms with Crippen molar-refractivity contribution in [2.45, 2.75) is 39.2 Å². The second kappa shape index (κ2) is 3.72. The van der Waals surface area contributed by atoms with Crippen molar-refractivity contribution in [1.29, 1.82) is 0 Å². The van der Waals surface area contributed by atoms with Gasteiger partial charge in [0.15, 0.2) is 0 Å². The van der Waals surface area contributed by atoms with Crippen LogP contribution in [0.2, 0.25) is 0 Å². The smallest absolute Gasteiger partial charge is 0.0620 e. The molecule has 1 atom stereocenters. The van der Waals surface area contributed by atoms with Crippen molar-refractivity contribution in [3.8, 4) is 0 Å². The molecule has 1 N–H and O–H groups in total. The van der Waals surface area contributed by atoms with Crippen molar-refractivity contribution in [2.75, 3.05) is 0 Å². The Morgan fingerprint density at radius 2 is 2.09 bits per heavy atom. The van der Waals surface area contributed by atoms with Gasteiger partial charge in [0.25, 0.3) is 0 Å².